The second-order valence-corrected chi connectivity index (χ2v) is 4.15. The van der Waals surface area contributed by atoms with E-state index < -0.39 is 0 Å². The molecule has 0 spiro atoms. The zero-order valence-electron chi connectivity index (χ0n) is 9.21. The van der Waals surface area contributed by atoms with E-state index in [9.17, 15) is 4.79 Å². The topological polar surface area (TPSA) is 50.1 Å². The van der Waals surface area contributed by atoms with Crippen LogP contribution in [0.3, 0.4) is 0 Å². The summed E-state index contributed by atoms with van der Waals surface area (Å²) in [6.07, 6.45) is 0.210. The van der Waals surface area contributed by atoms with E-state index in [-0.39, 0.29) is 12.4 Å². The number of halogens is 1. The van der Waals surface area contributed by atoms with E-state index >= 15 is 0 Å². The van der Waals surface area contributed by atoms with Gasteiger partial charge in [-0.1, -0.05) is 6.07 Å². The minimum Gasteiger partial charge on any atom is -0.466 e. The van der Waals surface area contributed by atoms with Crippen LogP contribution in [0.1, 0.15) is 23.6 Å². The predicted molar refractivity (Wildman–Crippen MR) is 63.9 cm³/mol. The Morgan fingerprint density at radius 2 is 2.25 bits per heavy atom. The van der Waals surface area contributed by atoms with Crippen LogP contribution < -0.4 is 0 Å². The highest BCUT2D eigenvalue weighted by molar-refractivity contribution is 9.10. The number of benzene rings is 1. The molecule has 0 N–H and O–H groups in total. The molecule has 0 aliphatic rings. The molecule has 0 bridgehead atoms. The van der Waals surface area contributed by atoms with Gasteiger partial charge in [0.05, 0.1) is 18.6 Å². The smallest absolute Gasteiger partial charge is 0.310 e. The SMILES string of the molecule is CCOC(=O)Cc1ccc(Br)c(C#N)c1C. The molecule has 0 unspecified atom stereocenters. The third kappa shape index (κ3) is 2.83. The van der Waals surface area contributed by atoms with Crippen molar-refractivity contribution in [2.45, 2.75) is 20.3 Å². The Hall–Kier alpha value is -1.34. The van der Waals surface area contributed by atoms with E-state index in [1.54, 1.807) is 13.0 Å². The van der Waals surface area contributed by atoms with Gasteiger partial charge in [-0.2, -0.15) is 5.26 Å². The lowest BCUT2D eigenvalue weighted by atomic mass is 10.0. The zero-order chi connectivity index (χ0) is 12.1. The van der Waals surface area contributed by atoms with Gasteiger partial charge in [-0.15, -0.1) is 0 Å². The number of nitriles is 1. The van der Waals surface area contributed by atoms with Gasteiger partial charge in [0.15, 0.2) is 0 Å². The number of esters is 1. The fraction of sp³-hybridized carbons (Fsp3) is 0.333. The highest BCUT2D eigenvalue weighted by atomic mass is 79.9. The maximum absolute atomic E-state index is 11.3. The third-order valence-corrected chi connectivity index (χ3v) is 2.94. The van der Waals surface area contributed by atoms with Crippen molar-refractivity contribution in [2.24, 2.45) is 0 Å². The average Bonchev–Trinajstić information content (AvgIpc) is 2.23. The van der Waals surface area contributed by atoms with Crippen molar-refractivity contribution in [3.63, 3.8) is 0 Å². The van der Waals surface area contributed by atoms with Crippen LogP contribution in [-0.2, 0) is 16.0 Å². The Bertz CT molecular complexity index is 449. The molecule has 0 aliphatic carbocycles. The van der Waals surface area contributed by atoms with Crippen molar-refractivity contribution in [1.82, 2.24) is 0 Å². The van der Waals surface area contributed by atoms with Crippen LogP contribution in [0.15, 0.2) is 16.6 Å². The Morgan fingerprint density at radius 1 is 1.56 bits per heavy atom. The summed E-state index contributed by atoms with van der Waals surface area (Å²) in [5.41, 5.74) is 2.23. The molecular formula is C12H12BrNO2. The van der Waals surface area contributed by atoms with Crippen LogP contribution in [0.25, 0.3) is 0 Å². The number of nitrogens with zero attached hydrogens (tertiary/aromatic N) is 1. The van der Waals surface area contributed by atoms with Crippen molar-refractivity contribution >= 4 is 21.9 Å². The highest BCUT2D eigenvalue weighted by Gasteiger charge is 2.11. The van der Waals surface area contributed by atoms with Crippen LogP contribution in [0.2, 0.25) is 0 Å². The standard InChI is InChI=1S/C12H12BrNO2/c1-3-16-12(15)6-9-4-5-11(13)10(7-14)8(9)2/h4-5H,3,6H2,1-2H3. The first kappa shape index (κ1) is 12.7. The van der Waals surface area contributed by atoms with E-state index in [2.05, 4.69) is 22.0 Å². The van der Waals surface area contributed by atoms with Gasteiger partial charge < -0.3 is 4.74 Å². The Kier molecular flexibility index (Phi) is 4.51. The number of hydrogen-bond acceptors (Lipinski definition) is 3. The summed E-state index contributed by atoms with van der Waals surface area (Å²) in [6.45, 7) is 3.98. The summed E-state index contributed by atoms with van der Waals surface area (Å²) in [7, 11) is 0. The maximum Gasteiger partial charge on any atom is 0.310 e. The van der Waals surface area contributed by atoms with Crippen LogP contribution in [0.5, 0.6) is 0 Å². The summed E-state index contributed by atoms with van der Waals surface area (Å²) >= 11 is 3.30. The second kappa shape index (κ2) is 5.66. The summed E-state index contributed by atoms with van der Waals surface area (Å²) in [4.78, 5) is 11.3. The summed E-state index contributed by atoms with van der Waals surface area (Å²) < 4.78 is 5.62. The highest BCUT2D eigenvalue weighted by Crippen LogP contribution is 2.23. The lowest BCUT2D eigenvalue weighted by Gasteiger charge is -2.08. The Labute approximate surface area is 103 Å². The molecule has 0 aromatic heterocycles. The molecule has 0 aliphatic heterocycles. The van der Waals surface area contributed by atoms with Crippen molar-refractivity contribution in [3.05, 3.63) is 33.3 Å². The number of hydrogen-bond donors (Lipinski definition) is 0. The fourth-order valence-corrected chi connectivity index (χ4v) is 1.94. The van der Waals surface area contributed by atoms with Crippen LogP contribution in [0.4, 0.5) is 0 Å². The van der Waals surface area contributed by atoms with Gasteiger partial charge in [-0.25, -0.2) is 0 Å². The van der Waals surface area contributed by atoms with Crippen LogP contribution in [-0.4, -0.2) is 12.6 Å². The van der Waals surface area contributed by atoms with E-state index in [1.807, 2.05) is 13.0 Å². The van der Waals surface area contributed by atoms with Crippen molar-refractivity contribution in [3.8, 4) is 6.07 Å². The van der Waals surface area contributed by atoms with E-state index in [0.29, 0.717) is 12.2 Å². The summed E-state index contributed by atoms with van der Waals surface area (Å²) in [6, 6.07) is 5.72. The number of carbonyl (C=O) groups is 1. The first-order valence-electron chi connectivity index (χ1n) is 4.93. The molecule has 0 radical (unpaired) electrons. The predicted octanol–water partition coefficient (Wildman–Crippen LogP) is 2.73. The molecule has 4 heteroatoms. The molecule has 0 heterocycles. The second-order valence-electron chi connectivity index (χ2n) is 3.30. The number of carbonyl (C=O) groups excluding carboxylic acids is 1. The Balaban J connectivity index is 2.99. The fourth-order valence-electron chi connectivity index (χ4n) is 1.42. The number of ether oxygens (including phenoxy) is 1. The molecule has 3 nitrogen and oxygen atoms in total. The maximum atomic E-state index is 11.3. The Morgan fingerprint density at radius 3 is 2.81 bits per heavy atom. The normalized spacial score (nSPS) is 9.62. The van der Waals surface area contributed by atoms with Gasteiger partial charge in [0.2, 0.25) is 0 Å². The average molecular weight is 282 g/mol. The van der Waals surface area contributed by atoms with Crippen LogP contribution in [0, 0.1) is 18.3 Å². The zero-order valence-corrected chi connectivity index (χ0v) is 10.8. The molecule has 0 fully saturated rings. The van der Waals surface area contributed by atoms with Gasteiger partial charge in [0.25, 0.3) is 0 Å². The van der Waals surface area contributed by atoms with Crippen molar-refractivity contribution in [2.75, 3.05) is 6.61 Å². The lowest BCUT2D eigenvalue weighted by Crippen LogP contribution is -2.09. The first-order valence-corrected chi connectivity index (χ1v) is 5.73. The quantitative estimate of drug-likeness (QED) is 0.801. The minimum absolute atomic E-state index is 0.210. The number of rotatable bonds is 3. The first-order chi connectivity index (χ1) is 7.60. The summed E-state index contributed by atoms with van der Waals surface area (Å²) in [5.74, 6) is -0.267. The van der Waals surface area contributed by atoms with E-state index in [0.717, 1.165) is 15.6 Å². The molecule has 1 aromatic carbocycles. The lowest BCUT2D eigenvalue weighted by molar-refractivity contribution is -0.142. The molecular weight excluding hydrogens is 270 g/mol. The van der Waals surface area contributed by atoms with Gasteiger partial charge >= 0.3 is 5.97 Å². The molecule has 1 aromatic rings. The van der Waals surface area contributed by atoms with Gasteiger partial charge in [0, 0.05) is 4.47 Å². The van der Waals surface area contributed by atoms with Crippen LogP contribution >= 0.6 is 15.9 Å². The van der Waals surface area contributed by atoms with Gasteiger partial charge in [0.1, 0.15) is 6.07 Å². The molecule has 84 valence electrons. The molecule has 1 rings (SSSR count). The van der Waals surface area contributed by atoms with E-state index in [4.69, 9.17) is 10.00 Å². The van der Waals surface area contributed by atoms with E-state index in [1.165, 1.54) is 0 Å². The molecule has 0 saturated carbocycles. The molecule has 0 atom stereocenters. The third-order valence-electron chi connectivity index (χ3n) is 2.28. The molecule has 0 saturated heterocycles. The summed E-state index contributed by atoms with van der Waals surface area (Å²) in [5, 5.41) is 8.97. The van der Waals surface area contributed by atoms with Gasteiger partial charge in [-0.05, 0) is 47.0 Å². The van der Waals surface area contributed by atoms with Gasteiger partial charge in [-0.3, -0.25) is 4.79 Å². The minimum atomic E-state index is -0.267. The molecule has 0 amide bonds. The monoisotopic (exact) mass is 281 g/mol. The molecule has 16 heavy (non-hydrogen) atoms. The van der Waals surface area contributed by atoms with Crippen molar-refractivity contribution in [1.29, 1.82) is 5.26 Å². The largest absolute Gasteiger partial charge is 0.466 e. The van der Waals surface area contributed by atoms with Crippen molar-refractivity contribution < 1.29 is 9.53 Å².